The van der Waals surface area contributed by atoms with Crippen molar-refractivity contribution < 1.29 is 18.3 Å². The Kier molecular flexibility index (Phi) is 16.1. The van der Waals surface area contributed by atoms with E-state index in [1.54, 1.807) is 0 Å². The molecule has 0 aromatic rings. The second kappa shape index (κ2) is 19.0. The van der Waals surface area contributed by atoms with Crippen molar-refractivity contribution in [3.63, 3.8) is 0 Å². The fourth-order valence-corrected chi connectivity index (χ4v) is 7.58. The summed E-state index contributed by atoms with van der Waals surface area (Å²) in [6.45, 7) is 5.99. The summed E-state index contributed by atoms with van der Waals surface area (Å²) in [7, 11) is 0. The molecule has 0 spiro atoms. The first-order valence-electron chi connectivity index (χ1n) is 17.1. The van der Waals surface area contributed by atoms with Crippen LogP contribution >= 0.6 is 0 Å². The van der Waals surface area contributed by atoms with Crippen molar-refractivity contribution in [2.75, 3.05) is 13.2 Å². The van der Waals surface area contributed by atoms with E-state index in [-0.39, 0.29) is 5.92 Å². The van der Waals surface area contributed by atoms with Gasteiger partial charge in [0.1, 0.15) is 6.17 Å². The van der Waals surface area contributed by atoms with E-state index in [2.05, 4.69) is 13.8 Å². The summed E-state index contributed by atoms with van der Waals surface area (Å²) in [5.74, 6) is 1.76. The Morgan fingerprint density at radius 1 is 0.553 bits per heavy atom. The summed E-state index contributed by atoms with van der Waals surface area (Å²) in [4.78, 5) is 0. The molecule has 0 saturated heterocycles. The Hall–Kier alpha value is -0.220. The van der Waals surface area contributed by atoms with E-state index in [0.717, 1.165) is 57.5 Å². The molecule has 0 aliphatic heterocycles. The zero-order chi connectivity index (χ0) is 27.0. The molecule has 224 valence electrons. The van der Waals surface area contributed by atoms with Gasteiger partial charge < -0.3 is 9.47 Å². The van der Waals surface area contributed by atoms with Crippen molar-refractivity contribution in [2.45, 2.75) is 180 Å². The van der Waals surface area contributed by atoms with E-state index in [4.69, 9.17) is 9.47 Å². The first-order chi connectivity index (χ1) is 18.6. The summed E-state index contributed by atoms with van der Waals surface area (Å²) in [6, 6.07) is 0. The number of rotatable bonds is 18. The molecule has 0 radical (unpaired) electrons. The van der Waals surface area contributed by atoms with Crippen LogP contribution in [0.25, 0.3) is 0 Å². The van der Waals surface area contributed by atoms with Crippen LogP contribution in [0.1, 0.15) is 155 Å². The molecule has 3 aliphatic carbocycles. The van der Waals surface area contributed by atoms with Gasteiger partial charge in [-0.1, -0.05) is 84.5 Å². The molecule has 3 aliphatic rings. The first-order valence-corrected chi connectivity index (χ1v) is 17.1. The third kappa shape index (κ3) is 11.3. The Bertz CT molecular complexity index is 571. The smallest absolute Gasteiger partial charge is 0.157 e. The van der Waals surface area contributed by atoms with Crippen LogP contribution in [-0.4, -0.2) is 37.8 Å². The van der Waals surface area contributed by atoms with Crippen LogP contribution in [0.15, 0.2) is 0 Å². The summed E-state index contributed by atoms with van der Waals surface area (Å²) >= 11 is 0. The quantitative estimate of drug-likeness (QED) is 0.161. The predicted octanol–water partition coefficient (Wildman–Crippen LogP) is 10.6. The van der Waals surface area contributed by atoms with Gasteiger partial charge >= 0.3 is 0 Å². The molecule has 38 heavy (non-hydrogen) atoms. The Morgan fingerprint density at radius 2 is 1.16 bits per heavy atom. The van der Waals surface area contributed by atoms with Crippen molar-refractivity contribution in [1.29, 1.82) is 0 Å². The Morgan fingerprint density at radius 3 is 1.84 bits per heavy atom. The summed E-state index contributed by atoms with van der Waals surface area (Å²) < 4.78 is 42.4. The zero-order valence-electron chi connectivity index (χ0n) is 25.2. The Balaban J connectivity index is 1.23. The number of ether oxygens (including phenoxy) is 2. The minimum atomic E-state index is -1.44. The van der Waals surface area contributed by atoms with Gasteiger partial charge in [-0.2, -0.15) is 0 Å². The van der Waals surface area contributed by atoms with Crippen LogP contribution in [0.5, 0.6) is 0 Å². The van der Waals surface area contributed by atoms with Crippen LogP contribution < -0.4 is 0 Å². The number of alkyl halides is 2. The standard InChI is InChI=1S/C34H62F2O2/c1-3-5-7-8-9-10-11-13-25-37-32-24-23-31(33(35)34(32)36)29-19-15-28(16-20-29)26-38-30-21-17-27(18-22-30)14-12-6-4-2/h27-34H,3-26H2,1-2H3. The first kappa shape index (κ1) is 32.3. The molecule has 2 nitrogen and oxygen atoms in total. The maximum atomic E-state index is 15.2. The Labute approximate surface area is 234 Å². The molecule has 0 aromatic heterocycles. The summed E-state index contributed by atoms with van der Waals surface area (Å²) in [5.41, 5.74) is 0. The van der Waals surface area contributed by atoms with E-state index in [9.17, 15) is 4.39 Å². The minimum absolute atomic E-state index is 0.113. The van der Waals surface area contributed by atoms with E-state index in [1.807, 2.05) is 0 Å². The van der Waals surface area contributed by atoms with Crippen LogP contribution in [0.3, 0.4) is 0 Å². The SMILES string of the molecule is CCCCCCCCCCOC1CCC(C2CCC(COC3CCC(CCCCC)CC3)CC2)C(F)C1F. The monoisotopic (exact) mass is 540 g/mol. The van der Waals surface area contributed by atoms with Gasteiger partial charge in [-0.25, -0.2) is 8.78 Å². The molecule has 3 saturated carbocycles. The second-order valence-corrected chi connectivity index (χ2v) is 13.3. The highest BCUT2D eigenvalue weighted by Gasteiger charge is 2.44. The topological polar surface area (TPSA) is 18.5 Å². The van der Waals surface area contributed by atoms with Crippen LogP contribution in [0.2, 0.25) is 0 Å². The lowest BCUT2D eigenvalue weighted by Crippen LogP contribution is -2.46. The molecular weight excluding hydrogens is 478 g/mol. The molecule has 0 heterocycles. The normalized spacial score (nSPS) is 34.4. The predicted molar refractivity (Wildman–Crippen MR) is 156 cm³/mol. The molecule has 0 bridgehead atoms. The molecule has 3 fully saturated rings. The minimum Gasteiger partial charge on any atom is -0.378 e. The number of unbranched alkanes of at least 4 members (excludes halogenated alkanes) is 9. The molecule has 3 rings (SSSR count). The fourth-order valence-electron chi connectivity index (χ4n) is 7.58. The summed E-state index contributed by atoms with van der Waals surface area (Å²) in [6.07, 6.45) is 23.5. The van der Waals surface area contributed by atoms with Gasteiger partial charge in [-0.05, 0) is 94.3 Å². The second-order valence-electron chi connectivity index (χ2n) is 13.3. The molecule has 4 atom stereocenters. The van der Waals surface area contributed by atoms with Gasteiger partial charge in [0.15, 0.2) is 6.17 Å². The van der Waals surface area contributed by atoms with Crippen LogP contribution in [0, 0.1) is 23.7 Å². The van der Waals surface area contributed by atoms with Gasteiger partial charge in [0.2, 0.25) is 0 Å². The van der Waals surface area contributed by atoms with Crippen LogP contribution in [-0.2, 0) is 9.47 Å². The van der Waals surface area contributed by atoms with Gasteiger partial charge in [0.25, 0.3) is 0 Å². The van der Waals surface area contributed by atoms with Crippen molar-refractivity contribution >= 4 is 0 Å². The third-order valence-electron chi connectivity index (χ3n) is 10.3. The summed E-state index contributed by atoms with van der Waals surface area (Å²) in [5, 5.41) is 0. The maximum absolute atomic E-state index is 15.2. The highest BCUT2D eigenvalue weighted by Crippen LogP contribution is 2.43. The van der Waals surface area contributed by atoms with Crippen molar-refractivity contribution in [2.24, 2.45) is 23.7 Å². The van der Waals surface area contributed by atoms with E-state index < -0.39 is 18.4 Å². The number of hydrogen-bond acceptors (Lipinski definition) is 2. The molecular formula is C34H62F2O2. The van der Waals surface area contributed by atoms with Crippen molar-refractivity contribution in [3.05, 3.63) is 0 Å². The van der Waals surface area contributed by atoms with E-state index >= 15 is 4.39 Å². The average molecular weight is 541 g/mol. The maximum Gasteiger partial charge on any atom is 0.157 e. The van der Waals surface area contributed by atoms with Gasteiger partial charge in [0, 0.05) is 13.2 Å². The number of halogens is 2. The zero-order valence-corrected chi connectivity index (χ0v) is 25.2. The lowest BCUT2D eigenvalue weighted by atomic mass is 9.69. The fraction of sp³-hybridized carbons (Fsp3) is 1.00. The van der Waals surface area contributed by atoms with Crippen molar-refractivity contribution in [3.8, 4) is 0 Å². The van der Waals surface area contributed by atoms with Crippen LogP contribution in [0.4, 0.5) is 8.78 Å². The highest BCUT2D eigenvalue weighted by atomic mass is 19.2. The van der Waals surface area contributed by atoms with Gasteiger partial charge in [-0.3, -0.25) is 0 Å². The van der Waals surface area contributed by atoms with Gasteiger partial charge in [-0.15, -0.1) is 0 Å². The molecule has 4 heteroatoms. The third-order valence-corrected chi connectivity index (χ3v) is 10.3. The van der Waals surface area contributed by atoms with E-state index in [1.165, 1.54) is 89.9 Å². The lowest BCUT2D eigenvalue weighted by Gasteiger charge is -2.41. The van der Waals surface area contributed by atoms with E-state index in [0.29, 0.717) is 31.0 Å². The molecule has 4 unspecified atom stereocenters. The molecule has 0 aromatic carbocycles. The van der Waals surface area contributed by atoms with Crippen molar-refractivity contribution in [1.82, 2.24) is 0 Å². The number of hydrogen-bond donors (Lipinski definition) is 0. The highest BCUT2D eigenvalue weighted by molar-refractivity contribution is 4.93. The van der Waals surface area contributed by atoms with Gasteiger partial charge in [0.05, 0.1) is 12.2 Å². The lowest BCUT2D eigenvalue weighted by molar-refractivity contribution is -0.0894. The molecule has 0 amide bonds. The molecule has 0 N–H and O–H groups in total. The largest absolute Gasteiger partial charge is 0.378 e. The average Bonchev–Trinajstić information content (AvgIpc) is 2.94.